The molecule has 1 atom stereocenters. The van der Waals surface area contributed by atoms with Crippen molar-refractivity contribution in [3.05, 3.63) is 87.7 Å². The molecule has 1 amide bonds. The zero-order valence-electron chi connectivity index (χ0n) is 17.9. The van der Waals surface area contributed by atoms with Crippen molar-refractivity contribution in [2.24, 2.45) is 4.99 Å². The smallest absolute Gasteiger partial charge is 0.316 e. The van der Waals surface area contributed by atoms with Crippen molar-refractivity contribution >= 4 is 11.6 Å². The van der Waals surface area contributed by atoms with Crippen LogP contribution < -0.4 is 4.74 Å². The van der Waals surface area contributed by atoms with Crippen LogP contribution in [0.2, 0.25) is 0 Å². The van der Waals surface area contributed by atoms with Crippen LogP contribution in [0.5, 0.6) is 6.01 Å². The molecule has 7 heteroatoms. The van der Waals surface area contributed by atoms with Crippen LogP contribution >= 0.6 is 0 Å². The number of rotatable bonds is 4. The first kappa shape index (κ1) is 19.9. The number of carbonyl (C=O) groups excluding carboxylic acids is 1. The Bertz CT molecular complexity index is 1290. The SMILES string of the molecule is COc1ncc(C2=NCc3cc4c(cc32)CN([C@H](C)c2cccc(C#N)c2)C(=O)C4)cn1. The Hall–Kier alpha value is -4.05. The van der Waals surface area contributed by atoms with E-state index in [-0.39, 0.29) is 11.9 Å². The average molecular weight is 423 g/mol. The highest BCUT2D eigenvalue weighted by Gasteiger charge is 2.30. The Morgan fingerprint density at radius 2 is 1.94 bits per heavy atom. The Labute approximate surface area is 186 Å². The predicted octanol–water partition coefficient (Wildman–Crippen LogP) is 3.35. The largest absolute Gasteiger partial charge is 0.467 e. The lowest BCUT2D eigenvalue weighted by molar-refractivity contribution is -0.134. The number of nitrogens with zero attached hydrogens (tertiary/aromatic N) is 5. The minimum Gasteiger partial charge on any atom is -0.467 e. The fourth-order valence-corrected chi connectivity index (χ4v) is 4.38. The van der Waals surface area contributed by atoms with Gasteiger partial charge in [0.05, 0.1) is 43.5 Å². The molecule has 0 spiro atoms. The number of carbonyl (C=O) groups is 1. The van der Waals surface area contributed by atoms with Gasteiger partial charge in [-0.05, 0) is 47.4 Å². The van der Waals surface area contributed by atoms with Crippen LogP contribution in [-0.4, -0.2) is 33.6 Å². The van der Waals surface area contributed by atoms with Gasteiger partial charge in [0.15, 0.2) is 0 Å². The molecule has 0 N–H and O–H groups in total. The molecule has 2 aromatic carbocycles. The molecule has 1 aromatic heterocycles. The van der Waals surface area contributed by atoms with Gasteiger partial charge in [-0.25, -0.2) is 9.97 Å². The minimum absolute atomic E-state index is 0.0926. The molecule has 7 nitrogen and oxygen atoms in total. The van der Waals surface area contributed by atoms with E-state index in [4.69, 9.17) is 9.73 Å². The maximum atomic E-state index is 13.0. The van der Waals surface area contributed by atoms with Crippen LogP contribution in [0.25, 0.3) is 0 Å². The van der Waals surface area contributed by atoms with Crippen LogP contribution in [-0.2, 0) is 24.3 Å². The highest BCUT2D eigenvalue weighted by molar-refractivity contribution is 6.15. The first-order valence-electron chi connectivity index (χ1n) is 10.4. The fourth-order valence-electron chi connectivity index (χ4n) is 4.38. The second-order valence-electron chi connectivity index (χ2n) is 8.01. The molecule has 0 saturated heterocycles. The lowest BCUT2D eigenvalue weighted by atomic mass is 9.90. The number of benzene rings is 2. The third kappa shape index (κ3) is 3.40. The van der Waals surface area contributed by atoms with Crippen molar-refractivity contribution in [1.82, 2.24) is 14.9 Å². The molecule has 0 aliphatic carbocycles. The highest BCUT2D eigenvalue weighted by atomic mass is 16.5. The summed E-state index contributed by atoms with van der Waals surface area (Å²) >= 11 is 0. The second-order valence-corrected chi connectivity index (χ2v) is 8.01. The standard InChI is InChI=1S/C25H21N5O2/c1-15(17-5-3-4-16(6-17)10-26)30-14-20-8-22-19(7-18(20)9-23(30)31)11-27-24(22)21-12-28-25(32-2)29-13-21/h3-8,12-13,15H,9,11,14H2,1-2H3/t15-/m1/s1. The third-order valence-electron chi connectivity index (χ3n) is 6.14. The van der Waals surface area contributed by atoms with E-state index in [9.17, 15) is 10.1 Å². The Morgan fingerprint density at radius 3 is 2.69 bits per heavy atom. The lowest BCUT2D eigenvalue weighted by Crippen LogP contribution is -2.38. The Balaban J connectivity index is 1.46. The Kier molecular flexibility index (Phi) is 4.91. The molecule has 32 heavy (non-hydrogen) atoms. The van der Waals surface area contributed by atoms with Gasteiger partial charge >= 0.3 is 6.01 Å². The van der Waals surface area contributed by atoms with E-state index in [1.165, 1.54) is 7.11 Å². The molecule has 158 valence electrons. The van der Waals surface area contributed by atoms with Gasteiger partial charge in [0.1, 0.15) is 0 Å². The van der Waals surface area contributed by atoms with Gasteiger partial charge < -0.3 is 9.64 Å². The number of aliphatic imine (C=N–C) groups is 1. The Morgan fingerprint density at radius 1 is 1.12 bits per heavy atom. The summed E-state index contributed by atoms with van der Waals surface area (Å²) in [6.45, 7) is 3.11. The number of ether oxygens (including phenoxy) is 1. The van der Waals surface area contributed by atoms with Crippen molar-refractivity contribution in [3.63, 3.8) is 0 Å². The number of fused-ring (bicyclic) bond motifs is 2. The highest BCUT2D eigenvalue weighted by Crippen LogP contribution is 2.33. The van der Waals surface area contributed by atoms with Crippen molar-refractivity contribution in [2.45, 2.75) is 32.5 Å². The van der Waals surface area contributed by atoms with Gasteiger partial charge in [-0.15, -0.1) is 0 Å². The lowest BCUT2D eigenvalue weighted by Gasteiger charge is -2.34. The second kappa shape index (κ2) is 7.89. The maximum Gasteiger partial charge on any atom is 0.316 e. The zero-order chi connectivity index (χ0) is 22.2. The summed E-state index contributed by atoms with van der Waals surface area (Å²) in [4.78, 5) is 28.0. The van der Waals surface area contributed by atoms with E-state index >= 15 is 0 Å². The van der Waals surface area contributed by atoms with Crippen molar-refractivity contribution in [2.75, 3.05) is 7.11 Å². The van der Waals surface area contributed by atoms with E-state index in [1.807, 2.05) is 30.0 Å². The summed E-state index contributed by atoms with van der Waals surface area (Å²) in [7, 11) is 1.54. The number of methoxy groups -OCH3 is 1. The quantitative estimate of drug-likeness (QED) is 0.642. The number of amides is 1. The number of hydrogen-bond acceptors (Lipinski definition) is 6. The summed E-state index contributed by atoms with van der Waals surface area (Å²) < 4.78 is 5.05. The summed E-state index contributed by atoms with van der Waals surface area (Å²) in [6.07, 6.45) is 3.81. The van der Waals surface area contributed by atoms with Crippen molar-refractivity contribution in [1.29, 1.82) is 5.26 Å². The molecule has 0 radical (unpaired) electrons. The van der Waals surface area contributed by atoms with Gasteiger partial charge in [-0.2, -0.15) is 5.26 Å². The summed E-state index contributed by atoms with van der Waals surface area (Å²) in [6, 6.07) is 14.1. The molecule has 2 aliphatic rings. The maximum absolute atomic E-state index is 13.0. The summed E-state index contributed by atoms with van der Waals surface area (Å²) in [5.74, 6) is 0.0926. The van der Waals surface area contributed by atoms with Crippen LogP contribution in [0.3, 0.4) is 0 Å². The van der Waals surface area contributed by atoms with Crippen molar-refractivity contribution in [3.8, 4) is 12.1 Å². The molecule has 3 aromatic rings. The van der Waals surface area contributed by atoms with Crippen LogP contribution in [0.15, 0.2) is 53.8 Å². The summed E-state index contributed by atoms with van der Waals surface area (Å²) in [5, 5.41) is 9.22. The molecular formula is C25H21N5O2. The van der Waals surface area contributed by atoms with Gasteiger partial charge in [-0.3, -0.25) is 9.79 Å². The first-order chi connectivity index (χ1) is 15.6. The first-order valence-corrected chi connectivity index (χ1v) is 10.4. The molecule has 2 aliphatic heterocycles. The fraction of sp³-hybridized carbons (Fsp3) is 0.240. The number of nitriles is 1. The van der Waals surface area contributed by atoms with E-state index < -0.39 is 0 Å². The van der Waals surface area contributed by atoms with Crippen LogP contribution in [0.1, 0.15) is 51.9 Å². The minimum atomic E-state index is -0.125. The summed E-state index contributed by atoms with van der Waals surface area (Å²) in [5.41, 5.74) is 7.62. The van der Waals surface area contributed by atoms with Gasteiger partial charge in [0.2, 0.25) is 5.91 Å². The van der Waals surface area contributed by atoms with E-state index in [2.05, 4.69) is 28.2 Å². The van der Waals surface area contributed by atoms with Crippen molar-refractivity contribution < 1.29 is 9.53 Å². The van der Waals surface area contributed by atoms with E-state index in [0.717, 1.165) is 39.1 Å². The predicted molar refractivity (Wildman–Crippen MR) is 118 cm³/mol. The zero-order valence-corrected chi connectivity index (χ0v) is 17.9. The van der Waals surface area contributed by atoms with Gasteiger partial charge in [-0.1, -0.05) is 18.2 Å². The molecule has 0 unspecified atom stereocenters. The van der Waals surface area contributed by atoms with E-state index in [1.54, 1.807) is 18.5 Å². The molecule has 0 saturated carbocycles. The number of hydrogen-bond donors (Lipinski definition) is 0. The molecule has 0 fully saturated rings. The van der Waals surface area contributed by atoms with E-state index in [0.29, 0.717) is 31.1 Å². The average Bonchev–Trinajstić information content (AvgIpc) is 3.24. The molecular weight excluding hydrogens is 402 g/mol. The molecule has 0 bridgehead atoms. The normalized spacial score (nSPS) is 15.5. The van der Waals surface area contributed by atoms with Crippen LogP contribution in [0, 0.1) is 11.3 Å². The third-order valence-corrected chi connectivity index (χ3v) is 6.14. The molecule has 5 rings (SSSR count). The van der Waals surface area contributed by atoms with Gasteiger partial charge in [0, 0.05) is 30.1 Å². The topological polar surface area (TPSA) is 91.5 Å². The molecule has 3 heterocycles. The number of aromatic nitrogens is 2. The van der Waals surface area contributed by atoms with Gasteiger partial charge in [0.25, 0.3) is 0 Å². The van der Waals surface area contributed by atoms with Crippen LogP contribution in [0.4, 0.5) is 0 Å². The monoisotopic (exact) mass is 423 g/mol.